The van der Waals surface area contributed by atoms with Gasteiger partial charge < -0.3 is 10.1 Å². The van der Waals surface area contributed by atoms with Gasteiger partial charge in [0.2, 0.25) is 0 Å². The molecule has 0 saturated carbocycles. The minimum absolute atomic E-state index is 0.116. The number of hydrogen-bond acceptors (Lipinski definition) is 3. The summed E-state index contributed by atoms with van der Waals surface area (Å²) in [5, 5.41) is 7.36. The van der Waals surface area contributed by atoms with Crippen LogP contribution in [0, 0.1) is 0 Å². The van der Waals surface area contributed by atoms with Crippen molar-refractivity contribution in [1.82, 2.24) is 15.1 Å². The first-order valence-corrected chi connectivity index (χ1v) is 10.9. The maximum Gasteiger partial charge on any atom is 0.251 e. The summed E-state index contributed by atoms with van der Waals surface area (Å²) in [6, 6.07) is 15.7. The van der Waals surface area contributed by atoms with Crippen LogP contribution in [0.4, 0.5) is 0 Å². The molecule has 0 aliphatic rings. The Morgan fingerprint density at radius 3 is 2.53 bits per heavy atom. The zero-order valence-electron chi connectivity index (χ0n) is 17.9. The third kappa shape index (κ3) is 5.72. The molecular weight excluding hydrogens is 442 g/mol. The summed E-state index contributed by atoms with van der Waals surface area (Å²) >= 11 is 3.48. The Bertz CT molecular complexity index is 1000. The van der Waals surface area contributed by atoms with Crippen LogP contribution >= 0.6 is 15.9 Å². The highest BCUT2D eigenvalue weighted by molar-refractivity contribution is 9.10. The van der Waals surface area contributed by atoms with Crippen LogP contribution in [0.1, 0.15) is 54.9 Å². The maximum atomic E-state index is 12.6. The number of ether oxygens (including phenoxy) is 1. The van der Waals surface area contributed by atoms with Crippen molar-refractivity contribution in [3.8, 4) is 5.75 Å². The number of nitrogens with one attached hydrogen (secondary N) is 1. The van der Waals surface area contributed by atoms with E-state index in [2.05, 4.69) is 59.2 Å². The molecule has 3 rings (SSSR count). The van der Waals surface area contributed by atoms with Gasteiger partial charge in [-0.25, -0.2) is 0 Å². The molecule has 158 valence electrons. The third-order valence-electron chi connectivity index (χ3n) is 4.84. The Morgan fingerprint density at radius 1 is 1.17 bits per heavy atom. The number of amides is 1. The molecule has 0 aliphatic carbocycles. The van der Waals surface area contributed by atoms with E-state index in [0.29, 0.717) is 18.7 Å². The second-order valence-electron chi connectivity index (χ2n) is 8.23. The number of hydrogen-bond donors (Lipinski definition) is 1. The fraction of sp³-hybridized carbons (Fsp3) is 0.333. The van der Waals surface area contributed by atoms with Crippen LogP contribution in [0.2, 0.25) is 0 Å². The molecule has 1 heterocycles. The zero-order chi connectivity index (χ0) is 21.7. The molecule has 1 aromatic heterocycles. The Labute approximate surface area is 186 Å². The SMILES string of the molecule is CCn1cc(Br)c(CNC(=O)c2cccc(COc3ccc(C(C)(C)C)cc3)c2)n1. The highest BCUT2D eigenvalue weighted by atomic mass is 79.9. The smallest absolute Gasteiger partial charge is 0.251 e. The van der Waals surface area contributed by atoms with Crippen molar-refractivity contribution in [3.05, 3.63) is 81.6 Å². The second-order valence-corrected chi connectivity index (χ2v) is 9.08. The van der Waals surface area contributed by atoms with Gasteiger partial charge in [0.15, 0.2) is 0 Å². The maximum absolute atomic E-state index is 12.6. The van der Waals surface area contributed by atoms with Gasteiger partial charge in [0.25, 0.3) is 5.91 Å². The standard InChI is InChI=1S/C24H28BrN3O2/c1-5-28-15-21(25)22(27-28)14-26-23(29)18-8-6-7-17(13-18)16-30-20-11-9-19(10-12-20)24(2,3)4/h6-13,15H,5,14,16H2,1-4H3,(H,26,29). The Morgan fingerprint density at radius 2 is 1.90 bits per heavy atom. The van der Waals surface area contributed by atoms with Crippen molar-refractivity contribution in [2.45, 2.75) is 52.8 Å². The number of aromatic nitrogens is 2. The van der Waals surface area contributed by atoms with Gasteiger partial charge in [-0.05, 0) is 63.7 Å². The largest absolute Gasteiger partial charge is 0.489 e. The topological polar surface area (TPSA) is 56.2 Å². The van der Waals surface area contributed by atoms with E-state index < -0.39 is 0 Å². The number of carbonyl (C=O) groups is 1. The van der Waals surface area contributed by atoms with E-state index in [1.165, 1.54) is 5.56 Å². The average molecular weight is 470 g/mol. The van der Waals surface area contributed by atoms with Gasteiger partial charge in [-0.15, -0.1) is 0 Å². The fourth-order valence-corrected chi connectivity index (χ4v) is 3.46. The first-order valence-electron chi connectivity index (χ1n) is 10.1. The highest BCUT2D eigenvalue weighted by Gasteiger charge is 2.13. The normalized spacial score (nSPS) is 11.4. The van der Waals surface area contributed by atoms with Gasteiger partial charge in [-0.2, -0.15) is 5.10 Å². The number of rotatable bonds is 7. The van der Waals surface area contributed by atoms with Gasteiger partial charge in [-0.1, -0.05) is 45.0 Å². The van der Waals surface area contributed by atoms with Crippen molar-refractivity contribution in [2.24, 2.45) is 0 Å². The molecule has 0 saturated heterocycles. The molecule has 3 aromatic rings. The highest BCUT2D eigenvalue weighted by Crippen LogP contribution is 2.24. The van der Waals surface area contributed by atoms with Crippen LogP contribution in [-0.4, -0.2) is 15.7 Å². The van der Waals surface area contributed by atoms with Crippen LogP contribution in [0.15, 0.2) is 59.2 Å². The Hall–Kier alpha value is -2.60. The van der Waals surface area contributed by atoms with E-state index in [0.717, 1.165) is 28.0 Å². The summed E-state index contributed by atoms with van der Waals surface area (Å²) < 4.78 is 8.63. The summed E-state index contributed by atoms with van der Waals surface area (Å²) in [6.45, 7) is 10.1. The minimum Gasteiger partial charge on any atom is -0.489 e. The van der Waals surface area contributed by atoms with Crippen LogP contribution in [0.5, 0.6) is 5.75 Å². The van der Waals surface area contributed by atoms with Crippen molar-refractivity contribution < 1.29 is 9.53 Å². The van der Waals surface area contributed by atoms with E-state index in [9.17, 15) is 4.79 Å². The molecule has 0 bridgehead atoms. The Balaban J connectivity index is 1.58. The number of carbonyl (C=O) groups excluding carboxylic acids is 1. The fourth-order valence-electron chi connectivity index (χ4n) is 3.01. The molecule has 0 aliphatic heterocycles. The number of nitrogens with zero attached hydrogens (tertiary/aromatic N) is 2. The predicted octanol–water partition coefficient (Wildman–Crippen LogP) is 5.47. The van der Waals surface area contributed by atoms with Crippen LogP contribution in [0.25, 0.3) is 0 Å². The lowest BCUT2D eigenvalue weighted by atomic mass is 9.87. The summed E-state index contributed by atoms with van der Waals surface area (Å²) in [5.74, 6) is 0.679. The summed E-state index contributed by atoms with van der Waals surface area (Å²) in [6.07, 6.45) is 1.91. The first-order chi connectivity index (χ1) is 14.3. The molecular formula is C24H28BrN3O2. The third-order valence-corrected chi connectivity index (χ3v) is 5.51. The molecule has 1 N–H and O–H groups in total. The van der Waals surface area contributed by atoms with Crippen molar-refractivity contribution in [1.29, 1.82) is 0 Å². The van der Waals surface area contributed by atoms with Gasteiger partial charge in [-0.3, -0.25) is 9.48 Å². The van der Waals surface area contributed by atoms with Crippen LogP contribution < -0.4 is 10.1 Å². The lowest BCUT2D eigenvalue weighted by Gasteiger charge is -2.19. The van der Waals surface area contributed by atoms with Crippen molar-refractivity contribution in [2.75, 3.05) is 0 Å². The second kappa shape index (κ2) is 9.47. The number of aryl methyl sites for hydroxylation is 1. The van der Waals surface area contributed by atoms with E-state index >= 15 is 0 Å². The predicted molar refractivity (Wildman–Crippen MR) is 123 cm³/mol. The van der Waals surface area contributed by atoms with Crippen LogP contribution in [0.3, 0.4) is 0 Å². The molecule has 30 heavy (non-hydrogen) atoms. The lowest BCUT2D eigenvalue weighted by Crippen LogP contribution is -2.23. The lowest BCUT2D eigenvalue weighted by molar-refractivity contribution is 0.0950. The van der Waals surface area contributed by atoms with Crippen molar-refractivity contribution in [3.63, 3.8) is 0 Å². The molecule has 5 nitrogen and oxygen atoms in total. The van der Waals surface area contributed by atoms with Gasteiger partial charge in [0, 0.05) is 18.3 Å². The molecule has 6 heteroatoms. The molecule has 0 fully saturated rings. The molecule has 0 unspecified atom stereocenters. The summed E-state index contributed by atoms with van der Waals surface area (Å²) in [5.41, 5.74) is 3.74. The van der Waals surface area contributed by atoms with E-state index in [-0.39, 0.29) is 11.3 Å². The average Bonchev–Trinajstić information content (AvgIpc) is 3.10. The van der Waals surface area contributed by atoms with E-state index in [1.807, 2.05) is 48.1 Å². The molecule has 1 amide bonds. The number of halogens is 1. The van der Waals surface area contributed by atoms with Gasteiger partial charge in [0.05, 0.1) is 16.7 Å². The quantitative estimate of drug-likeness (QED) is 0.498. The summed E-state index contributed by atoms with van der Waals surface area (Å²) in [4.78, 5) is 12.6. The van der Waals surface area contributed by atoms with Crippen LogP contribution in [-0.2, 0) is 25.1 Å². The molecule has 2 aromatic carbocycles. The Kier molecular flexibility index (Phi) is 6.98. The van der Waals surface area contributed by atoms with Crippen molar-refractivity contribution >= 4 is 21.8 Å². The van der Waals surface area contributed by atoms with E-state index in [1.54, 1.807) is 6.07 Å². The molecule has 0 atom stereocenters. The zero-order valence-corrected chi connectivity index (χ0v) is 19.5. The molecule has 0 radical (unpaired) electrons. The van der Waals surface area contributed by atoms with Gasteiger partial charge >= 0.3 is 0 Å². The monoisotopic (exact) mass is 469 g/mol. The number of benzene rings is 2. The summed E-state index contributed by atoms with van der Waals surface area (Å²) in [7, 11) is 0. The van der Waals surface area contributed by atoms with E-state index in [4.69, 9.17) is 4.74 Å². The molecule has 0 spiro atoms. The van der Waals surface area contributed by atoms with Gasteiger partial charge in [0.1, 0.15) is 12.4 Å². The minimum atomic E-state index is -0.135. The first kappa shape index (κ1) is 22.1.